The summed E-state index contributed by atoms with van der Waals surface area (Å²) in [7, 11) is 0. The van der Waals surface area contributed by atoms with E-state index in [2.05, 4.69) is 44.7 Å². The third-order valence-electron chi connectivity index (χ3n) is 3.39. The number of carbonyl (C=O) groups is 1. The van der Waals surface area contributed by atoms with Crippen molar-refractivity contribution < 1.29 is 4.79 Å². The van der Waals surface area contributed by atoms with Gasteiger partial charge in [0.15, 0.2) is 0 Å². The molecule has 1 aliphatic rings. The summed E-state index contributed by atoms with van der Waals surface area (Å²) < 4.78 is 0. The van der Waals surface area contributed by atoms with E-state index in [-0.39, 0.29) is 17.0 Å². The molecule has 16 heavy (non-hydrogen) atoms. The lowest BCUT2D eigenvalue weighted by atomic mass is 9.81. The molecular formula is C13H24N2O. The van der Waals surface area contributed by atoms with Crippen LogP contribution < -0.4 is 5.43 Å². The van der Waals surface area contributed by atoms with Gasteiger partial charge in [0.25, 0.3) is 5.91 Å². The summed E-state index contributed by atoms with van der Waals surface area (Å²) in [6, 6.07) is 0. The standard InChI is InChI=1S/C13H24N2O/c1-10(2)11(16)14-15-12(3,4)8-7-9-13(15,5)6/h1,7-9H2,2-6H3,(H,14,16). The van der Waals surface area contributed by atoms with Gasteiger partial charge in [-0.25, -0.2) is 5.01 Å². The van der Waals surface area contributed by atoms with Crippen molar-refractivity contribution in [2.24, 2.45) is 0 Å². The molecule has 1 N–H and O–H groups in total. The Kier molecular flexibility index (Phi) is 3.48. The zero-order chi connectivity index (χ0) is 12.6. The third-order valence-corrected chi connectivity index (χ3v) is 3.39. The number of hydrogen-bond donors (Lipinski definition) is 1. The molecule has 0 unspecified atom stereocenters. The fourth-order valence-corrected chi connectivity index (χ4v) is 2.50. The van der Waals surface area contributed by atoms with Crippen LogP contribution in [0.2, 0.25) is 0 Å². The number of nitrogens with zero attached hydrogens (tertiary/aromatic N) is 1. The highest BCUT2D eigenvalue weighted by atomic mass is 16.2. The molecule has 92 valence electrons. The van der Waals surface area contributed by atoms with Crippen LogP contribution in [0.3, 0.4) is 0 Å². The minimum Gasteiger partial charge on any atom is -0.284 e. The van der Waals surface area contributed by atoms with Crippen molar-refractivity contribution in [3.63, 3.8) is 0 Å². The maximum atomic E-state index is 11.7. The summed E-state index contributed by atoms with van der Waals surface area (Å²) in [5, 5.41) is 2.10. The second-order valence-corrected chi connectivity index (χ2v) is 6.04. The van der Waals surface area contributed by atoms with Crippen LogP contribution in [0.25, 0.3) is 0 Å². The second kappa shape index (κ2) is 4.21. The first kappa shape index (κ1) is 13.2. The average Bonchev–Trinajstić information content (AvgIpc) is 2.10. The number of hydrazine groups is 1. The van der Waals surface area contributed by atoms with Crippen LogP contribution in [-0.4, -0.2) is 22.0 Å². The number of rotatable bonds is 2. The number of hydrogen-bond acceptors (Lipinski definition) is 2. The monoisotopic (exact) mass is 224 g/mol. The van der Waals surface area contributed by atoms with Gasteiger partial charge in [-0.2, -0.15) is 0 Å². The fourth-order valence-electron chi connectivity index (χ4n) is 2.50. The fraction of sp³-hybridized carbons (Fsp3) is 0.769. The molecule has 0 aliphatic carbocycles. The van der Waals surface area contributed by atoms with E-state index in [1.807, 2.05) is 0 Å². The summed E-state index contributed by atoms with van der Waals surface area (Å²) in [4.78, 5) is 11.7. The number of carbonyl (C=O) groups excluding carboxylic acids is 1. The van der Waals surface area contributed by atoms with Crippen LogP contribution in [0.1, 0.15) is 53.9 Å². The molecule has 0 aromatic heterocycles. The van der Waals surface area contributed by atoms with E-state index in [0.29, 0.717) is 5.57 Å². The third kappa shape index (κ3) is 2.64. The van der Waals surface area contributed by atoms with Crippen molar-refractivity contribution in [2.75, 3.05) is 0 Å². The van der Waals surface area contributed by atoms with E-state index >= 15 is 0 Å². The second-order valence-electron chi connectivity index (χ2n) is 6.04. The summed E-state index contributed by atoms with van der Waals surface area (Å²) in [6.07, 6.45) is 3.42. The summed E-state index contributed by atoms with van der Waals surface area (Å²) >= 11 is 0. The largest absolute Gasteiger partial charge is 0.284 e. The molecular weight excluding hydrogens is 200 g/mol. The van der Waals surface area contributed by atoms with Crippen molar-refractivity contribution in [3.8, 4) is 0 Å². The Morgan fingerprint density at radius 2 is 1.62 bits per heavy atom. The highest BCUT2D eigenvalue weighted by molar-refractivity contribution is 5.91. The first-order valence-corrected chi connectivity index (χ1v) is 5.94. The van der Waals surface area contributed by atoms with Crippen LogP contribution in [0.5, 0.6) is 0 Å². The Labute approximate surface area is 98.9 Å². The van der Waals surface area contributed by atoms with Crippen molar-refractivity contribution in [1.82, 2.24) is 10.4 Å². The van der Waals surface area contributed by atoms with Crippen molar-refractivity contribution >= 4 is 5.91 Å². The number of piperidine rings is 1. The average molecular weight is 224 g/mol. The predicted octanol–water partition coefficient (Wildman–Crippen LogP) is 2.64. The molecule has 0 aromatic carbocycles. The summed E-state index contributed by atoms with van der Waals surface area (Å²) in [6.45, 7) is 14.1. The summed E-state index contributed by atoms with van der Waals surface area (Å²) in [5.74, 6) is -0.0805. The first-order chi connectivity index (χ1) is 7.17. The maximum Gasteiger partial charge on any atom is 0.260 e. The van der Waals surface area contributed by atoms with Crippen molar-refractivity contribution in [1.29, 1.82) is 0 Å². The quantitative estimate of drug-likeness (QED) is 0.731. The molecule has 0 bridgehead atoms. The van der Waals surface area contributed by atoms with E-state index in [4.69, 9.17) is 0 Å². The van der Waals surface area contributed by atoms with Gasteiger partial charge in [0.1, 0.15) is 0 Å². The Hall–Kier alpha value is -0.830. The highest BCUT2D eigenvalue weighted by Gasteiger charge is 2.42. The molecule has 1 rings (SSSR count). The van der Waals surface area contributed by atoms with E-state index in [9.17, 15) is 4.79 Å². The maximum absolute atomic E-state index is 11.7. The SMILES string of the molecule is C=C(C)C(=O)NN1C(C)(C)CCCC1(C)C. The van der Waals surface area contributed by atoms with Gasteiger partial charge < -0.3 is 0 Å². The molecule has 1 heterocycles. The molecule has 1 saturated heterocycles. The van der Waals surface area contributed by atoms with Crippen molar-refractivity contribution in [3.05, 3.63) is 12.2 Å². The van der Waals surface area contributed by atoms with Gasteiger partial charge in [0.05, 0.1) is 0 Å². The van der Waals surface area contributed by atoms with E-state index < -0.39 is 0 Å². The molecule has 0 radical (unpaired) electrons. The van der Waals surface area contributed by atoms with E-state index in [1.54, 1.807) is 6.92 Å². The Bertz CT molecular complexity index is 289. The molecule has 3 nitrogen and oxygen atoms in total. The lowest BCUT2D eigenvalue weighted by molar-refractivity contribution is -0.135. The Morgan fingerprint density at radius 1 is 1.19 bits per heavy atom. The molecule has 0 spiro atoms. The van der Waals surface area contributed by atoms with Gasteiger partial charge in [0, 0.05) is 16.7 Å². The smallest absolute Gasteiger partial charge is 0.260 e. The minimum absolute atomic E-state index is 0.00681. The van der Waals surface area contributed by atoms with Gasteiger partial charge in [-0.15, -0.1) is 0 Å². The van der Waals surface area contributed by atoms with Gasteiger partial charge in [-0.3, -0.25) is 10.2 Å². The van der Waals surface area contributed by atoms with Gasteiger partial charge in [-0.05, 0) is 53.9 Å². The number of nitrogens with one attached hydrogen (secondary N) is 1. The molecule has 1 fully saturated rings. The molecule has 3 heteroatoms. The van der Waals surface area contributed by atoms with Gasteiger partial charge >= 0.3 is 0 Å². The zero-order valence-corrected chi connectivity index (χ0v) is 11.2. The van der Waals surface area contributed by atoms with Crippen LogP contribution in [0, 0.1) is 0 Å². The van der Waals surface area contributed by atoms with Crippen LogP contribution in [0.15, 0.2) is 12.2 Å². The topological polar surface area (TPSA) is 32.3 Å². The molecule has 0 aromatic rings. The lowest BCUT2D eigenvalue weighted by Gasteiger charge is -2.52. The van der Waals surface area contributed by atoms with E-state index in [0.717, 1.165) is 12.8 Å². The van der Waals surface area contributed by atoms with Crippen LogP contribution in [-0.2, 0) is 4.79 Å². The van der Waals surface area contributed by atoms with Gasteiger partial charge in [-0.1, -0.05) is 6.58 Å². The zero-order valence-electron chi connectivity index (χ0n) is 11.2. The highest BCUT2D eigenvalue weighted by Crippen LogP contribution is 2.36. The van der Waals surface area contributed by atoms with Gasteiger partial charge in [0.2, 0.25) is 0 Å². The first-order valence-electron chi connectivity index (χ1n) is 5.94. The normalized spacial score (nSPS) is 23.8. The van der Waals surface area contributed by atoms with E-state index in [1.165, 1.54) is 6.42 Å². The molecule has 0 saturated carbocycles. The van der Waals surface area contributed by atoms with Crippen LogP contribution >= 0.6 is 0 Å². The van der Waals surface area contributed by atoms with Crippen molar-refractivity contribution in [2.45, 2.75) is 65.0 Å². The molecule has 1 amide bonds. The Morgan fingerprint density at radius 3 is 2.00 bits per heavy atom. The molecule has 1 aliphatic heterocycles. The van der Waals surface area contributed by atoms with Crippen LogP contribution in [0.4, 0.5) is 0 Å². The molecule has 0 atom stereocenters. The lowest BCUT2D eigenvalue weighted by Crippen LogP contribution is -2.65. The number of amides is 1. The Balaban J connectivity index is 2.87. The summed E-state index contributed by atoms with van der Waals surface area (Å²) in [5.41, 5.74) is 3.56. The predicted molar refractivity (Wildman–Crippen MR) is 66.8 cm³/mol. The minimum atomic E-state index is -0.0805.